The van der Waals surface area contributed by atoms with E-state index in [1.807, 2.05) is 0 Å². The zero-order chi connectivity index (χ0) is 14.8. The van der Waals surface area contributed by atoms with Crippen molar-refractivity contribution in [3.63, 3.8) is 0 Å². The molecule has 2 aromatic rings. The average Bonchev–Trinajstić information content (AvgIpc) is 2.43. The molecule has 0 saturated heterocycles. The first-order valence-corrected chi connectivity index (χ1v) is 7.79. The Morgan fingerprint density at radius 3 is 2.70 bits per heavy atom. The van der Waals surface area contributed by atoms with Gasteiger partial charge in [0.15, 0.2) is 0 Å². The number of para-hydroxylation sites is 1. The molecule has 20 heavy (non-hydrogen) atoms. The molecule has 0 unspecified atom stereocenters. The monoisotopic (exact) mass is 357 g/mol. The van der Waals surface area contributed by atoms with Crippen molar-refractivity contribution >= 4 is 43.4 Å². The highest BCUT2D eigenvalue weighted by atomic mass is 79.9. The van der Waals surface area contributed by atoms with Crippen LogP contribution in [0, 0.1) is 0 Å². The van der Waals surface area contributed by atoms with E-state index in [1.54, 1.807) is 18.2 Å². The molecule has 2 rings (SSSR count). The molecule has 0 amide bonds. The fraction of sp³-hybridized carbons (Fsp3) is 0.0909. The first kappa shape index (κ1) is 14.7. The first-order chi connectivity index (χ1) is 9.44. The van der Waals surface area contributed by atoms with E-state index in [-0.39, 0.29) is 10.8 Å². The summed E-state index contributed by atoms with van der Waals surface area (Å²) in [7, 11) is -2.22. The number of nitrogen functional groups attached to an aromatic ring is 1. The van der Waals surface area contributed by atoms with Crippen molar-refractivity contribution in [3.05, 3.63) is 34.9 Å². The van der Waals surface area contributed by atoms with E-state index in [2.05, 4.69) is 35.9 Å². The molecule has 0 atom stereocenters. The molecule has 0 saturated carbocycles. The van der Waals surface area contributed by atoms with Crippen LogP contribution in [0.2, 0.25) is 0 Å². The van der Waals surface area contributed by atoms with Crippen LogP contribution in [0.15, 0.2) is 39.8 Å². The van der Waals surface area contributed by atoms with Gasteiger partial charge in [-0.2, -0.15) is 4.98 Å². The summed E-state index contributed by atoms with van der Waals surface area (Å²) >= 11 is 3.27. The number of halogens is 1. The minimum Gasteiger partial charge on any atom is -0.368 e. The van der Waals surface area contributed by atoms with Gasteiger partial charge in [-0.25, -0.2) is 18.1 Å². The lowest BCUT2D eigenvalue weighted by Gasteiger charge is -2.12. The van der Waals surface area contributed by atoms with Crippen LogP contribution in [0.4, 0.5) is 17.5 Å². The van der Waals surface area contributed by atoms with E-state index >= 15 is 0 Å². The van der Waals surface area contributed by atoms with E-state index in [0.717, 1.165) is 0 Å². The second kappa shape index (κ2) is 5.73. The smallest absolute Gasteiger partial charge is 0.242 e. The Morgan fingerprint density at radius 1 is 1.30 bits per heavy atom. The Balaban J connectivity index is 2.47. The van der Waals surface area contributed by atoms with Gasteiger partial charge in [0.1, 0.15) is 10.7 Å². The van der Waals surface area contributed by atoms with Crippen molar-refractivity contribution in [3.8, 4) is 0 Å². The predicted molar refractivity (Wildman–Crippen MR) is 80.1 cm³/mol. The van der Waals surface area contributed by atoms with Crippen LogP contribution in [-0.4, -0.2) is 25.4 Å². The highest BCUT2D eigenvalue weighted by Gasteiger charge is 2.17. The molecule has 0 aliphatic heterocycles. The Kier molecular flexibility index (Phi) is 4.21. The number of nitrogens with zero attached hydrogens (tertiary/aromatic N) is 2. The van der Waals surface area contributed by atoms with Gasteiger partial charge in [-0.3, -0.25) is 0 Å². The minimum atomic E-state index is -3.57. The molecule has 0 spiro atoms. The fourth-order valence-corrected chi connectivity index (χ4v) is 2.69. The van der Waals surface area contributed by atoms with Gasteiger partial charge in [-0.1, -0.05) is 12.1 Å². The molecule has 0 aliphatic carbocycles. The molecular weight excluding hydrogens is 346 g/mol. The summed E-state index contributed by atoms with van der Waals surface area (Å²) in [4.78, 5) is 7.95. The van der Waals surface area contributed by atoms with Crippen molar-refractivity contribution in [1.29, 1.82) is 0 Å². The number of sulfonamides is 1. The molecule has 0 fully saturated rings. The van der Waals surface area contributed by atoms with E-state index in [9.17, 15) is 8.42 Å². The standard InChI is InChI=1S/C11H12BrN5O2S/c1-14-20(18,19)9-5-3-2-4-8(9)16-10-7(12)6-15-11(13)17-10/h2-6,14H,1H3,(H3,13,15,16,17). The summed E-state index contributed by atoms with van der Waals surface area (Å²) in [6.07, 6.45) is 1.49. The molecule has 1 heterocycles. The van der Waals surface area contributed by atoms with Gasteiger partial charge < -0.3 is 11.1 Å². The first-order valence-electron chi connectivity index (χ1n) is 5.51. The van der Waals surface area contributed by atoms with Gasteiger partial charge in [0.25, 0.3) is 0 Å². The Hall–Kier alpha value is -1.71. The van der Waals surface area contributed by atoms with Crippen LogP contribution in [-0.2, 0) is 10.0 Å². The van der Waals surface area contributed by atoms with Crippen molar-refractivity contribution in [2.45, 2.75) is 4.90 Å². The van der Waals surface area contributed by atoms with Crippen molar-refractivity contribution < 1.29 is 8.42 Å². The van der Waals surface area contributed by atoms with Crippen molar-refractivity contribution in [2.24, 2.45) is 0 Å². The maximum atomic E-state index is 11.9. The van der Waals surface area contributed by atoms with Gasteiger partial charge in [0.05, 0.1) is 10.2 Å². The molecule has 9 heteroatoms. The molecule has 7 nitrogen and oxygen atoms in total. The Bertz CT molecular complexity index is 735. The number of nitrogens with two attached hydrogens (primary N) is 1. The van der Waals surface area contributed by atoms with E-state index in [4.69, 9.17) is 5.73 Å². The van der Waals surface area contributed by atoms with E-state index < -0.39 is 10.0 Å². The fourth-order valence-electron chi connectivity index (χ4n) is 1.51. The van der Waals surface area contributed by atoms with Crippen molar-refractivity contribution in [1.82, 2.24) is 14.7 Å². The van der Waals surface area contributed by atoms with Crippen LogP contribution < -0.4 is 15.8 Å². The molecule has 1 aromatic carbocycles. The summed E-state index contributed by atoms with van der Waals surface area (Å²) in [5.74, 6) is 0.473. The minimum absolute atomic E-state index is 0.0876. The number of benzene rings is 1. The molecule has 1 aromatic heterocycles. The lowest BCUT2D eigenvalue weighted by atomic mass is 10.3. The molecule has 0 bridgehead atoms. The van der Waals surface area contributed by atoms with Crippen LogP contribution in [0.5, 0.6) is 0 Å². The number of aromatic nitrogens is 2. The molecule has 0 aliphatic rings. The summed E-state index contributed by atoms with van der Waals surface area (Å²) in [6.45, 7) is 0. The maximum absolute atomic E-state index is 11.9. The summed E-state index contributed by atoms with van der Waals surface area (Å²) < 4.78 is 26.7. The Morgan fingerprint density at radius 2 is 2.00 bits per heavy atom. The highest BCUT2D eigenvalue weighted by Crippen LogP contribution is 2.27. The normalized spacial score (nSPS) is 11.3. The van der Waals surface area contributed by atoms with Crippen LogP contribution in [0.25, 0.3) is 0 Å². The molecular formula is C11H12BrN5O2S. The molecule has 106 valence electrons. The SMILES string of the molecule is CNS(=O)(=O)c1ccccc1Nc1nc(N)ncc1Br. The highest BCUT2D eigenvalue weighted by molar-refractivity contribution is 9.10. The average molecular weight is 358 g/mol. The van der Waals surface area contributed by atoms with Crippen LogP contribution in [0.1, 0.15) is 0 Å². The van der Waals surface area contributed by atoms with Gasteiger partial charge in [-0.05, 0) is 35.1 Å². The van der Waals surface area contributed by atoms with Crippen LogP contribution in [0.3, 0.4) is 0 Å². The zero-order valence-corrected chi connectivity index (χ0v) is 12.9. The van der Waals surface area contributed by atoms with Gasteiger partial charge in [0.2, 0.25) is 16.0 Å². The third-order valence-electron chi connectivity index (χ3n) is 2.46. The molecule has 0 radical (unpaired) electrons. The second-order valence-electron chi connectivity index (χ2n) is 3.75. The van der Waals surface area contributed by atoms with E-state index in [0.29, 0.717) is 16.0 Å². The number of rotatable bonds is 4. The third kappa shape index (κ3) is 3.06. The van der Waals surface area contributed by atoms with Gasteiger partial charge in [-0.15, -0.1) is 0 Å². The van der Waals surface area contributed by atoms with Gasteiger partial charge in [0, 0.05) is 6.20 Å². The largest absolute Gasteiger partial charge is 0.368 e. The maximum Gasteiger partial charge on any atom is 0.242 e. The second-order valence-corrected chi connectivity index (χ2v) is 6.46. The number of hydrogen-bond acceptors (Lipinski definition) is 6. The molecule has 4 N–H and O–H groups in total. The van der Waals surface area contributed by atoms with Crippen molar-refractivity contribution in [2.75, 3.05) is 18.1 Å². The summed E-state index contributed by atoms with van der Waals surface area (Å²) in [5, 5.41) is 2.92. The topological polar surface area (TPSA) is 110 Å². The predicted octanol–water partition coefficient (Wildman–Crippen LogP) is 1.47. The van der Waals surface area contributed by atoms with E-state index in [1.165, 1.54) is 19.3 Å². The van der Waals surface area contributed by atoms with Crippen LogP contribution >= 0.6 is 15.9 Å². The van der Waals surface area contributed by atoms with Gasteiger partial charge >= 0.3 is 0 Å². The quantitative estimate of drug-likeness (QED) is 0.764. The lowest BCUT2D eigenvalue weighted by Crippen LogP contribution is -2.19. The number of anilines is 3. The lowest BCUT2D eigenvalue weighted by molar-refractivity contribution is 0.588. The zero-order valence-electron chi connectivity index (χ0n) is 10.5. The number of nitrogens with one attached hydrogen (secondary N) is 2. The number of hydrogen-bond donors (Lipinski definition) is 3. The Labute approximate surface area is 124 Å². The third-order valence-corrected chi connectivity index (χ3v) is 4.51. The summed E-state index contributed by atoms with van der Waals surface area (Å²) in [6, 6.07) is 6.48. The summed E-state index contributed by atoms with van der Waals surface area (Å²) in [5.41, 5.74) is 5.91.